The fourth-order valence-corrected chi connectivity index (χ4v) is 3.03. The van der Waals surface area contributed by atoms with E-state index in [2.05, 4.69) is 24.1 Å². The number of anilines is 1. The Kier molecular flexibility index (Phi) is 4.29. The number of rotatable bonds is 5. The zero-order valence-electron chi connectivity index (χ0n) is 12.9. The predicted octanol–water partition coefficient (Wildman–Crippen LogP) is 2.27. The maximum Gasteiger partial charge on any atom is 0.293 e. The van der Waals surface area contributed by atoms with E-state index in [4.69, 9.17) is 4.74 Å². The number of hydrogen-bond donors (Lipinski definition) is 1. The molecule has 0 bridgehead atoms. The van der Waals surface area contributed by atoms with Crippen LogP contribution in [-0.4, -0.2) is 28.3 Å². The van der Waals surface area contributed by atoms with Crippen LogP contribution < -0.4 is 10.9 Å². The van der Waals surface area contributed by atoms with Crippen LogP contribution in [0.5, 0.6) is 0 Å². The SMILES string of the molecule is CC(C)Cn1ccnc(NC2CCOC(C3CC3)C2)c1=O. The Morgan fingerprint density at radius 1 is 1.43 bits per heavy atom. The highest BCUT2D eigenvalue weighted by atomic mass is 16.5. The van der Waals surface area contributed by atoms with Gasteiger partial charge in [0.2, 0.25) is 0 Å². The molecule has 0 radical (unpaired) electrons. The van der Waals surface area contributed by atoms with E-state index in [0.29, 0.717) is 23.9 Å². The standard InChI is InChI=1S/C16H25N3O2/c1-11(2)10-19-7-6-17-15(16(19)20)18-13-5-8-21-14(9-13)12-3-4-12/h6-7,11-14H,3-5,8-10H2,1-2H3,(H,17,18). The monoisotopic (exact) mass is 291 g/mol. The van der Waals surface area contributed by atoms with E-state index >= 15 is 0 Å². The molecule has 1 aliphatic heterocycles. The van der Waals surface area contributed by atoms with Gasteiger partial charge in [-0.1, -0.05) is 13.8 Å². The second-order valence-electron chi connectivity index (χ2n) is 6.74. The Labute approximate surface area is 125 Å². The molecule has 21 heavy (non-hydrogen) atoms. The lowest BCUT2D eigenvalue weighted by Crippen LogP contribution is -2.37. The summed E-state index contributed by atoms with van der Waals surface area (Å²) in [5.41, 5.74) is -0.0133. The lowest BCUT2D eigenvalue weighted by Gasteiger charge is -2.30. The van der Waals surface area contributed by atoms with Crippen LogP contribution in [0.1, 0.15) is 39.5 Å². The molecule has 2 atom stereocenters. The molecule has 116 valence electrons. The lowest BCUT2D eigenvalue weighted by atomic mass is 10.0. The van der Waals surface area contributed by atoms with Crippen LogP contribution in [-0.2, 0) is 11.3 Å². The van der Waals surface area contributed by atoms with Crippen LogP contribution in [0, 0.1) is 11.8 Å². The average molecular weight is 291 g/mol. The quantitative estimate of drug-likeness (QED) is 0.904. The first-order chi connectivity index (χ1) is 10.1. The Morgan fingerprint density at radius 3 is 2.95 bits per heavy atom. The maximum atomic E-state index is 12.4. The van der Waals surface area contributed by atoms with Gasteiger partial charge in [0.05, 0.1) is 6.10 Å². The van der Waals surface area contributed by atoms with E-state index < -0.39 is 0 Å². The molecule has 0 spiro atoms. The van der Waals surface area contributed by atoms with Crippen molar-refractivity contribution in [1.29, 1.82) is 0 Å². The van der Waals surface area contributed by atoms with Gasteiger partial charge in [0.1, 0.15) is 0 Å². The number of ether oxygens (including phenoxy) is 1. The van der Waals surface area contributed by atoms with Crippen LogP contribution in [0.15, 0.2) is 17.2 Å². The predicted molar refractivity (Wildman–Crippen MR) is 82.4 cm³/mol. The Hall–Kier alpha value is -1.36. The third-order valence-electron chi connectivity index (χ3n) is 4.28. The molecule has 1 aromatic heterocycles. The van der Waals surface area contributed by atoms with Gasteiger partial charge in [-0.3, -0.25) is 4.79 Å². The first-order valence-corrected chi connectivity index (χ1v) is 8.07. The van der Waals surface area contributed by atoms with Gasteiger partial charge < -0.3 is 14.6 Å². The van der Waals surface area contributed by atoms with Crippen LogP contribution in [0.4, 0.5) is 5.82 Å². The van der Waals surface area contributed by atoms with Crippen molar-refractivity contribution in [2.75, 3.05) is 11.9 Å². The minimum Gasteiger partial charge on any atom is -0.378 e. The molecule has 5 heteroatoms. The normalized spacial score (nSPS) is 26.0. The summed E-state index contributed by atoms with van der Waals surface area (Å²) < 4.78 is 7.58. The summed E-state index contributed by atoms with van der Waals surface area (Å²) in [5, 5.41) is 3.35. The molecule has 0 amide bonds. The first-order valence-electron chi connectivity index (χ1n) is 8.07. The zero-order valence-corrected chi connectivity index (χ0v) is 12.9. The molecule has 1 N–H and O–H groups in total. The van der Waals surface area contributed by atoms with E-state index in [0.717, 1.165) is 31.9 Å². The molecule has 5 nitrogen and oxygen atoms in total. The van der Waals surface area contributed by atoms with Crippen molar-refractivity contribution in [3.63, 3.8) is 0 Å². The van der Waals surface area contributed by atoms with Gasteiger partial charge in [0, 0.05) is 31.6 Å². The minimum absolute atomic E-state index is 0.0133. The van der Waals surface area contributed by atoms with Crippen molar-refractivity contribution in [2.24, 2.45) is 11.8 Å². The highest BCUT2D eigenvalue weighted by Crippen LogP contribution is 2.38. The smallest absolute Gasteiger partial charge is 0.293 e. The summed E-state index contributed by atoms with van der Waals surface area (Å²) >= 11 is 0. The fraction of sp³-hybridized carbons (Fsp3) is 0.750. The number of nitrogens with one attached hydrogen (secondary N) is 1. The minimum atomic E-state index is -0.0133. The molecular formula is C16H25N3O2. The number of aromatic nitrogens is 2. The number of nitrogens with zero attached hydrogens (tertiary/aromatic N) is 2. The van der Waals surface area contributed by atoms with Crippen molar-refractivity contribution in [3.05, 3.63) is 22.7 Å². The second-order valence-corrected chi connectivity index (χ2v) is 6.74. The molecule has 1 aromatic rings. The highest BCUT2D eigenvalue weighted by Gasteiger charge is 2.36. The van der Waals surface area contributed by atoms with Crippen molar-refractivity contribution in [2.45, 2.75) is 58.2 Å². The van der Waals surface area contributed by atoms with Crippen LogP contribution in [0.25, 0.3) is 0 Å². The molecule has 1 saturated carbocycles. The molecule has 1 saturated heterocycles. The summed E-state index contributed by atoms with van der Waals surface area (Å²) in [4.78, 5) is 16.7. The van der Waals surface area contributed by atoms with Crippen LogP contribution in [0.3, 0.4) is 0 Å². The third-order valence-corrected chi connectivity index (χ3v) is 4.28. The van der Waals surface area contributed by atoms with Crippen molar-refractivity contribution >= 4 is 5.82 Å². The van der Waals surface area contributed by atoms with Crippen LogP contribution in [0.2, 0.25) is 0 Å². The molecule has 2 heterocycles. The van der Waals surface area contributed by atoms with E-state index in [1.54, 1.807) is 17.0 Å². The van der Waals surface area contributed by atoms with E-state index in [9.17, 15) is 4.79 Å². The largest absolute Gasteiger partial charge is 0.378 e. The molecule has 2 unspecified atom stereocenters. The Morgan fingerprint density at radius 2 is 2.24 bits per heavy atom. The van der Waals surface area contributed by atoms with Gasteiger partial charge in [-0.05, 0) is 37.5 Å². The summed E-state index contributed by atoms with van der Waals surface area (Å²) in [7, 11) is 0. The van der Waals surface area contributed by atoms with Gasteiger partial charge in [-0.2, -0.15) is 0 Å². The molecule has 2 aliphatic rings. The van der Waals surface area contributed by atoms with E-state index in [-0.39, 0.29) is 5.56 Å². The highest BCUT2D eigenvalue weighted by molar-refractivity contribution is 5.32. The van der Waals surface area contributed by atoms with Crippen molar-refractivity contribution < 1.29 is 4.74 Å². The third kappa shape index (κ3) is 3.64. The molecule has 3 rings (SSSR count). The lowest BCUT2D eigenvalue weighted by molar-refractivity contribution is -0.00225. The molecule has 0 aromatic carbocycles. The fourth-order valence-electron chi connectivity index (χ4n) is 3.03. The second kappa shape index (κ2) is 6.18. The van der Waals surface area contributed by atoms with Gasteiger partial charge in [0.25, 0.3) is 5.56 Å². The summed E-state index contributed by atoms with van der Waals surface area (Å²) in [6.07, 6.45) is 8.38. The van der Waals surface area contributed by atoms with Gasteiger partial charge >= 0.3 is 0 Å². The van der Waals surface area contributed by atoms with Crippen molar-refractivity contribution in [1.82, 2.24) is 9.55 Å². The molecule has 2 fully saturated rings. The summed E-state index contributed by atoms with van der Waals surface area (Å²) in [6.45, 7) is 5.73. The summed E-state index contributed by atoms with van der Waals surface area (Å²) in [5.74, 6) is 1.68. The van der Waals surface area contributed by atoms with E-state index in [1.165, 1.54) is 12.8 Å². The zero-order chi connectivity index (χ0) is 14.8. The molecule has 1 aliphatic carbocycles. The summed E-state index contributed by atoms with van der Waals surface area (Å²) in [6, 6.07) is 0.305. The topological polar surface area (TPSA) is 56.1 Å². The number of hydrogen-bond acceptors (Lipinski definition) is 4. The van der Waals surface area contributed by atoms with Gasteiger partial charge in [-0.15, -0.1) is 0 Å². The van der Waals surface area contributed by atoms with E-state index in [1.807, 2.05) is 0 Å². The Balaban J connectivity index is 1.67. The van der Waals surface area contributed by atoms with Crippen LogP contribution >= 0.6 is 0 Å². The van der Waals surface area contributed by atoms with Gasteiger partial charge in [0.15, 0.2) is 5.82 Å². The maximum absolute atomic E-state index is 12.4. The Bertz CT molecular complexity index is 537. The average Bonchev–Trinajstić information content (AvgIpc) is 3.28. The molecular weight excluding hydrogens is 266 g/mol. The van der Waals surface area contributed by atoms with Gasteiger partial charge in [-0.25, -0.2) is 4.98 Å². The first kappa shape index (κ1) is 14.6. The van der Waals surface area contributed by atoms with Crippen molar-refractivity contribution in [3.8, 4) is 0 Å².